The molecule has 1 aromatic carbocycles. The molecule has 7 heteroatoms. The second-order valence-corrected chi connectivity index (χ2v) is 5.22. The second kappa shape index (κ2) is 9.40. The number of anilines is 2. The summed E-state index contributed by atoms with van der Waals surface area (Å²) in [5, 5.41) is 5.53. The molecule has 1 unspecified atom stereocenters. The van der Waals surface area contributed by atoms with Gasteiger partial charge < -0.3 is 21.1 Å². The van der Waals surface area contributed by atoms with Crippen LogP contribution >= 0.6 is 12.4 Å². The number of hydrogen-bond acceptors (Lipinski definition) is 4. The third kappa shape index (κ3) is 6.01. The molecule has 0 aromatic heterocycles. The number of aryl methyl sites for hydroxylation is 1. The number of amides is 2. The molecule has 4 N–H and O–H groups in total. The van der Waals surface area contributed by atoms with Crippen LogP contribution in [0.5, 0.6) is 0 Å². The van der Waals surface area contributed by atoms with E-state index in [0.717, 1.165) is 5.56 Å². The maximum atomic E-state index is 11.9. The predicted octanol–water partition coefficient (Wildman–Crippen LogP) is 1.92. The number of nitrogens with two attached hydrogens (primary N) is 1. The third-order valence-corrected chi connectivity index (χ3v) is 2.97. The van der Waals surface area contributed by atoms with Gasteiger partial charge in [0.25, 0.3) is 0 Å². The number of rotatable bonds is 6. The van der Waals surface area contributed by atoms with Gasteiger partial charge in [0.15, 0.2) is 0 Å². The van der Waals surface area contributed by atoms with E-state index in [1.807, 2.05) is 26.8 Å². The molecule has 0 saturated heterocycles. The van der Waals surface area contributed by atoms with Gasteiger partial charge in [0.1, 0.15) is 6.04 Å². The molecule has 1 atom stereocenters. The minimum atomic E-state index is -0.733. The minimum Gasteiger partial charge on any atom is -0.383 e. The van der Waals surface area contributed by atoms with Crippen LogP contribution in [0.15, 0.2) is 18.2 Å². The van der Waals surface area contributed by atoms with Crippen molar-refractivity contribution in [3.8, 4) is 0 Å². The summed E-state index contributed by atoms with van der Waals surface area (Å²) >= 11 is 0. The molecule has 2 amide bonds. The first-order valence-electron chi connectivity index (χ1n) is 6.82. The Morgan fingerprint density at radius 2 is 1.86 bits per heavy atom. The van der Waals surface area contributed by atoms with Crippen LogP contribution in [0, 0.1) is 12.8 Å². The molecule has 124 valence electrons. The van der Waals surface area contributed by atoms with E-state index in [4.69, 9.17) is 10.5 Å². The van der Waals surface area contributed by atoms with Crippen LogP contribution < -0.4 is 16.4 Å². The summed E-state index contributed by atoms with van der Waals surface area (Å²) in [6, 6.07) is 4.60. The Hall–Kier alpha value is -1.63. The van der Waals surface area contributed by atoms with Crippen LogP contribution in [0.25, 0.3) is 0 Å². The summed E-state index contributed by atoms with van der Waals surface area (Å²) in [5.41, 5.74) is 7.81. The largest absolute Gasteiger partial charge is 0.383 e. The molecule has 0 heterocycles. The summed E-state index contributed by atoms with van der Waals surface area (Å²) < 4.78 is 4.85. The van der Waals surface area contributed by atoms with Gasteiger partial charge in [-0.25, -0.2) is 0 Å². The molecule has 1 rings (SSSR count). The fourth-order valence-electron chi connectivity index (χ4n) is 1.60. The van der Waals surface area contributed by atoms with Crippen molar-refractivity contribution in [2.75, 3.05) is 24.4 Å². The Morgan fingerprint density at radius 3 is 2.41 bits per heavy atom. The molecule has 0 radical (unpaired) electrons. The maximum absolute atomic E-state index is 11.9. The van der Waals surface area contributed by atoms with Crippen molar-refractivity contribution in [2.24, 2.45) is 11.7 Å². The van der Waals surface area contributed by atoms with Gasteiger partial charge in [0.2, 0.25) is 11.8 Å². The van der Waals surface area contributed by atoms with Crippen LogP contribution in [-0.2, 0) is 14.3 Å². The molecule has 1 aromatic rings. The van der Waals surface area contributed by atoms with E-state index >= 15 is 0 Å². The van der Waals surface area contributed by atoms with Gasteiger partial charge >= 0.3 is 0 Å². The molecule has 0 aliphatic heterocycles. The first-order valence-corrected chi connectivity index (χ1v) is 6.82. The number of ether oxygens (including phenoxy) is 1. The number of methoxy groups -OCH3 is 1. The Bertz CT molecular complexity index is 521. The lowest BCUT2D eigenvalue weighted by Crippen LogP contribution is -2.39. The van der Waals surface area contributed by atoms with E-state index in [-0.39, 0.29) is 36.7 Å². The lowest BCUT2D eigenvalue weighted by molar-refractivity contribution is -0.119. The lowest BCUT2D eigenvalue weighted by atomic mass is 10.1. The Kier molecular flexibility index (Phi) is 8.70. The van der Waals surface area contributed by atoms with E-state index in [1.54, 1.807) is 12.1 Å². The van der Waals surface area contributed by atoms with Crippen molar-refractivity contribution in [2.45, 2.75) is 26.8 Å². The van der Waals surface area contributed by atoms with Crippen molar-refractivity contribution in [3.63, 3.8) is 0 Å². The SMILES string of the molecule is COCC(N)C(=O)Nc1cc(NC(=O)C(C)C)ccc1C.Cl. The van der Waals surface area contributed by atoms with Crippen molar-refractivity contribution in [1.29, 1.82) is 0 Å². The van der Waals surface area contributed by atoms with Crippen LogP contribution in [0.3, 0.4) is 0 Å². The number of benzene rings is 1. The van der Waals surface area contributed by atoms with E-state index < -0.39 is 6.04 Å². The smallest absolute Gasteiger partial charge is 0.243 e. The fourth-order valence-corrected chi connectivity index (χ4v) is 1.60. The summed E-state index contributed by atoms with van der Waals surface area (Å²) in [6.45, 7) is 5.64. The van der Waals surface area contributed by atoms with Gasteiger partial charge in [-0.2, -0.15) is 0 Å². The average Bonchev–Trinajstić information content (AvgIpc) is 2.42. The fraction of sp³-hybridized carbons (Fsp3) is 0.467. The Labute approximate surface area is 137 Å². The Morgan fingerprint density at radius 1 is 1.23 bits per heavy atom. The Balaban J connectivity index is 0.00000441. The molecule has 0 saturated carbocycles. The number of hydrogen-bond donors (Lipinski definition) is 3. The van der Waals surface area contributed by atoms with Crippen LogP contribution in [0.4, 0.5) is 11.4 Å². The number of halogens is 1. The molecule has 22 heavy (non-hydrogen) atoms. The van der Waals surface area contributed by atoms with Crippen LogP contribution in [0.1, 0.15) is 19.4 Å². The van der Waals surface area contributed by atoms with Crippen molar-refractivity contribution < 1.29 is 14.3 Å². The van der Waals surface area contributed by atoms with Crippen molar-refractivity contribution in [1.82, 2.24) is 0 Å². The molecular weight excluding hydrogens is 306 g/mol. The first kappa shape index (κ1) is 20.4. The van der Waals surface area contributed by atoms with Gasteiger partial charge in [-0.3, -0.25) is 9.59 Å². The van der Waals surface area contributed by atoms with Gasteiger partial charge in [-0.05, 0) is 24.6 Å². The molecule has 0 aliphatic rings. The number of nitrogens with one attached hydrogen (secondary N) is 2. The standard InChI is InChI=1S/C15H23N3O3.ClH/c1-9(2)14(19)17-11-6-5-10(3)13(7-11)18-15(20)12(16)8-21-4;/h5-7,9,12H,8,16H2,1-4H3,(H,17,19)(H,18,20);1H. The van der Waals surface area contributed by atoms with Crippen LogP contribution in [-0.4, -0.2) is 31.6 Å². The molecule has 0 spiro atoms. The maximum Gasteiger partial charge on any atom is 0.243 e. The summed E-state index contributed by atoms with van der Waals surface area (Å²) in [6.07, 6.45) is 0. The van der Waals surface area contributed by atoms with E-state index in [2.05, 4.69) is 10.6 Å². The quantitative estimate of drug-likeness (QED) is 0.743. The highest BCUT2D eigenvalue weighted by Gasteiger charge is 2.15. The zero-order chi connectivity index (χ0) is 16.0. The topological polar surface area (TPSA) is 93.4 Å². The predicted molar refractivity (Wildman–Crippen MR) is 90.4 cm³/mol. The van der Waals surface area contributed by atoms with Gasteiger partial charge in [0, 0.05) is 24.4 Å². The van der Waals surface area contributed by atoms with Crippen LogP contribution in [0.2, 0.25) is 0 Å². The van der Waals surface area contributed by atoms with E-state index in [1.165, 1.54) is 7.11 Å². The van der Waals surface area contributed by atoms with E-state index in [0.29, 0.717) is 11.4 Å². The zero-order valence-electron chi connectivity index (χ0n) is 13.3. The molecular formula is C15H24ClN3O3. The molecule has 0 fully saturated rings. The normalized spacial score (nSPS) is 11.5. The number of carbonyl (C=O) groups excluding carboxylic acids is 2. The third-order valence-electron chi connectivity index (χ3n) is 2.97. The molecule has 6 nitrogen and oxygen atoms in total. The molecule has 0 aliphatic carbocycles. The minimum absolute atomic E-state index is 0. The highest BCUT2D eigenvalue weighted by Crippen LogP contribution is 2.21. The van der Waals surface area contributed by atoms with Gasteiger partial charge in [-0.15, -0.1) is 12.4 Å². The average molecular weight is 330 g/mol. The van der Waals surface area contributed by atoms with E-state index in [9.17, 15) is 9.59 Å². The molecule has 0 bridgehead atoms. The van der Waals surface area contributed by atoms with Gasteiger partial charge in [-0.1, -0.05) is 19.9 Å². The van der Waals surface area contributed by atoms with Gasteiger partial charge in [0.05, 0.1) is 6.61 Å². The highest BCUT2D eigenvalue weighted by molar-refractivity contribution is 5.97. The second-order valence-electron chi connectivity index (χ2n) is 5.22. The summed E-state index contributed by atoms with van der Waals surface area (Å²) in [5.74, 6) is -0.515. The van der Waals surface area contributed by atoms with Crippen molar-refractivity contribution in [3.05, 3.63) is 23.8 Å². The first-order chi connectivity index (χ1) is 9.85. The zero-order valence-corrected chi connectivity index (χ0v) is 14.1. The summed E-state index contributed by atoms with van der Waals surface area (Å²) in [4.78, 5) is 23.6. The summed E-state index contributed by atoms with van der Waals surface area (Å²) in [7, 11) is 1.49. The monoisotopic (exact) mass is 329 g/mol. The highest BCUT2D eigenvalue weighted by atomic mass is 35.5. The lowest BCUT2D eigenvalue weighted by Gasteiger charge is -2.15. The number of carbonyl (C=O) groups is 2. The van der Waals surface area contributed by atoms with Crippen molar-refractivity contribution >= 4 is 35.6 Å².